The lowest BCUT2D eigenvalue weighted by atomic mass is 10.1. The molecule has 0 spiro atoms. The Hall–Kier alpha value is -2.83. The van der Waals surface area contributed by atoms with Crippen LogP contribution in [0.15, 0.2) is 54.6 Å². The molecule has 1 N–H and O–H groups in total. The van der Waals surface area contributed by atoms with Crippen molar-refractivity contribution in [2.75, 3.05) is 16.8 Å². The van der Waals surface area contributed by atoms with Gasteiger partial charge in [-0.2, -0.15) is 13.2 Å². The van der Waals surface area contributed by atoms with Gasteiger partial charge in [0.1, 0.15) is 0 Å². The minimum absolute atomic E-state index is 0.0328. The molecular formula is C18H15F3N2O2. The topological polar surface area (TPSA) is 49.4 Å². The van der Waals surface area contributed by atoms with E-state index in [0.717, 1.165) is 12.1 Å². The Kier molecular flexibility index (Phi) is 4.48. The van der Waals surface area contributed by atoms with Gasteiger partial charge in [-0.15, -0.1) is 0 Å². The van der Waals surface area contributed by atoms with Gasteiger partial charge in [0, 0.05) is 24.3 Å². The van der Waals surface area contributed by atoms with E-state index in [0.29, 0.717) is 5.69 Å². The van der Waals surface area contributed by atoms with Gasteiger partial charge in [-0.25, -0.2) is 0 Å². The molecule has 2 amide bonds. The second kappa shape index (κ2) is 6.58. The van der Waals surface area contributed by atoms with Crippen LogP contribution in [0, 0.1) is 5.92 Å². The zero-order valence-corrected chi connectivity index (χ0v) is 13.1. The molecule has 3 rings (SSSR count). The number of rotatable bonds is 3. The summed E-state index contributed by atoms with van der Waals surface area (Å²) in [6.45, 7) is 0.0544. The van der Waals surface area contributed by atoms with Gasteiger partial charge < -0.3 is 10.2 Å². The average molecular weight is 348 g/mol. The van der Waals surface area contributed by atoms with Crippen molar-refractivity contribution in [3.05, 3.63) is 60.2 Å². The summed E-state index contributed by atoms with van der Waals surface area (Å²) < 4.78 is 38.5. The highest BCUT2D eigenvalue weighted by molar-refractivity contribution is 6.03. The molecule has 25 heavy (non-hydrogen) atoms. The molecule has 0 aromatic heterocycles. The van der Waals surface area contributed by atoms with Gasteiger partial charge in [0.25, 0.3) is 0 Å². The molecule has 2 aromatic carbocycles. The summed E-state index contributed by atoms with van der Waals surface area (Å²) in [5, 5.41) is 2.71. The number of carbonyl (C=O) groups excluding carboxylic acids is 2. The van der Waals surface area contributed by atoms with Crippen molar-refractivity contribution >= 4 is 23.2 Å². The Bertz CT molecular complexity index is 790. The summed E-state index contributed by atoms with van der Waals surface area (Å²) in [7, 11) is 0. The van der Waals surface area contributed by atoms with Crippen molar-refractivity contribution in [2.24, 2.45) is 5.92 Å². The lowest BCUT2D eigenvalue weighted by Gasteiger charge is -2.18. The summed E-state index contributed by atoms with van der Waals surface area (Å²) >= 11 is 0. The van der Waals surface area contributed by atoms with Gasteiger partial charge in [0.2, 0.25) is 11.8 Å². The van der Waals surface area contributed by atoms with Crippen molar-refractivity contribution in [1.82, 2.24) is 0 Å². The van der Waals surface area contributed by atoms with E-state index in [-0.39, 0.29) is 30.5 Å². The highest BCUT2D eigenvalue weighted by atomic mass is 19.4. The first-order chi connectivity index (χ1) is 11.8. The predicted molar refractivity (Wildman–Crippen MR) is 87.0 cm³/mol. The number of anilines is 2. The second-order valence-corrected chi connectivity index (χ2v) is 5.81. The Labute approximate surface area is 142 Å². The van der Waals surface area contributed by atoms with Crippen molar-refractivity contribution < 1.29 is 22.8 Å². The van der Waals surface area contributed by atoms with E-state index in [1.165, 1.54) is 17.0 Å². The number of nitrogens with zero attached hydrogens (tertiary/aromatic N) is 1. The summed E-state index contributed by atoms with van der Waals surface area (Å²) in [5.41, 5.74) is -0.0673. The Balaban J connectivity index is 1.73. The van der Waals surface area contributed by atoms with Gasteiger partial charge in [-0.05, 0) is 30.3 Å². The quantitative estimate of drug-likeness (QED) is 0.920. The average Bonchev–Trinajstić information content (AvgIpc) is 2.97. The first-order valence-electron chi connectivity index (χ1n) is 7.68. The van der Waals surface area contributed by atoms with E-state index >= 15 is 0 Å². The summed E-state index contributed by atoms with van der Waals surface area (Å²) in [6.07, 6.45) is -4.52. The number of alkyl halides is 3. The number of hydrogen-bond acceptors (Lipinski definition) is 2. The number of benzene rings is 2. The van der Waals surface area contributed by atoms with Crippen LogP contribution in [0.2, 0.25) is 0 Å². The summed E-state index contributed by atoms with van der Waals surface area (Å²) in [5.74, 6) is -1.30. The largest absolute Gasteiger partial charge is 0.416 e. The molecule has 0 unspecified atom stereocenters. The van der Waals surface area contributed by atoms with E-state index < -0.39 is 17.7 Å². The summed E-state index contributed by atoms with van der Waals surface area (Å²) in [4.78, 5) is 25.7. The molecule has 1 atom stereocenters. The number of halogens is 3. The maximum Gasteiger partial charge on any atom is 0.416 e. The van der Waals surface area contributed by atoms with Crippen molar-refractivity contribution in [3.63, 3.8) is 0 Å². The van der Waals surface area contributed by atoms with E-state index in [1.807, 2.05) is 6.07 Å². The summed E-state index contributed by atoms with van der Waals surface area (Å²) in [6, 6.07) is 13.4. The van der Waals surface area contributed by atoms with E-state index in [2.05, 4.69) is 5.32 Å². The molecule has 1 saturated heterocycles. The molecule has 7 heteroatoms. The first-order valence-corrected chi connectivity index (χ1v) is 7.68. The maximum atomic E-state index is 12.8. The fraction of sp³-hybridized carbons (Fsp3) is 0.222. The van der Waals surface area contributed by atoms with Crippen LogP contribution in [-0.2, 0) is 15.8 Å². The molecule has 130 valence electrons. The van der Waals surface area contributed by atoms with Crippen LogP contribution in [0.1, 0.15) is 12.0 Å². The van der Waals surface area contributed by atoms with Crippen LogP contribution < -0.4 is 10.2 Å². The molecule has 0 bridgehead atoms. The van der Waals surface area contributed by atoms with Gasteiger partial charge in [-0.1, -0.05) is 24.3 Å². The highest BCUT2D eigenvalue weighted by Crippen LogP contribution is 2.33. The second-order valence-electron chi connectivity index (χ2n) is 5.81. The van der Waals surface area contributed by atoms with Crippen LogP contribution in [0.4, 0.5) is 24.5 Å². The van der Waals surface area contributed by atoms with Crippen LogP contribution in [0.25, 0.3) is 0 Å². The lowest BCUT2D eigenvalue weighted by Crippen LogP contribution is -2.28. The van der Waals surface area contributed by atoms with E-state index in [1.54, 1.807) is 24.3 Å². The SMILES string of the molecule is O=C(Nc1ccccc1)[C@@H]1CC(=O)N(c2cccc(C(F)(F)F)c2)C1. The molecular weight excluding hydrogens is 333 g/mol. The van der Waals surface area contributed by atoms with Crippen LogP contribution in [-0.4, -0.2) is 18.4 Å². The minimum atomic E-state index is -4.48. The molecule has 0 saturated carbocycles. The third kappa shape index (κ3) is 3.81. The van der Waals surface area contributed by atoms with Crippen molar-refractivity contribution in [2.45, 2.75) is 12.6 Å². The van der Waals surface area contributed by atoms with Gasteiger partial charge in [0.15, 0.2) is 0 Å². The molecule has 0 radical (unpaired) electrons. The van der Waals surface area contributed by atoms with Crippen LogP contribution >= 0.6 is 0 Å². The van der Waals surface area contributed by atoms with Gasteiger partial charge in [0.05, 0.1) is 11.5 Å². The number of nitrogens with one attached hydrogen (secondary N) is 1. The highest BCUT2D eigenvalue weighted by Gasteiger charge is 2.36. The first kappa shape index (κ1) is 17.0. The Morgan fingerprint density at radius 1 is 1.08 bits per heavy atom. The van der Waals surface area contributed by atoms with Crippen molar-refractivity contribution in [3.8, 4) is 0 Å². The van der Waals surface area contributed by atoms with Gasteiger partial charge >= 0.3 is 6.18 Å². The minimum Gasteiger partial charge on any atom is -0.326 e. The number of para-hydroxylation sites is 1. The molecule has 1 heterocycles. The molecule has 1 aliphatic rings. The zero-order chi connectivity index (χ0) is 18.0. The number of carbonyl (C=O) groups is 2. The van der Waals surface area contributed by atoms with E-state index in [9.17, 15) is 22.8 Å². The normalized spacial score (nSPS) is 17.6. The van der Waals surface area contributed by atoms with E-state index in [4.69, 9.17) is 0 Å². The number of amides is 2. The van der Waals surface area contributed by atoms with Crippen LogP contribution in [0.5, 0.6) is 0 Å². The fourth-order valence-electron chi connectivity index (χ4n) is 2.75. The van der Waals surface area contributed by atoms with Crippen molar-refractivity contribution in [1.29, 1.82) is 0 Å². The predicted octanol–water partition coefficient (Wildman–Crippen LogP) is 3.70. The van der Waals surface area contributed by atoms with Gasteiger partial charge in [-0.3, -0.25) is 9.59 Å². The molecule has 1 fully saturated rings. The monoisotopic (exact) mass is 348 g/mol. The third-order valence-corrected chi connectivity index (χ3v) is 4.02. The van der Waals surface area contributed by atoms with Crippen LogP contribution in [0.3, 0.4) is 0 Å². The lowest BCUT2D eigenvalue weighted by molar-refractivity contribution is -0.137. The Morgan fingerprint density at radius 3 is 2.48 bits per heavy atom. The standard InChI is InChI=1S/C18H15F3N2O2/c19-18(20,21)13-5-4-8-15(10-13)23-11-12(9-16(23)24)17(25)22-14-6-2-1-3-7-14/h1-8,10,12H,9,11H2,(H,22,25)/t12-/m1/s1. The molecule has 2 aromatic rings. The fourth-order valence-corrected chi connectivity index (χ4v) is 2.75. The molecule has 4 nitrogen and oxygen atoms in total. The zero-order valence-electron chi connectivity index (χ0n) is 13.1. The molecule has 0 aliphatic carbocycles. The number of hydrogen-bond donors (Lipinski definition) is 1. The Morgan fingerprint density at radius 2 is 1.80 bits per heavy atom. The smallest absolute Gasteiger partial charge is 0.326 e. The maximum absolute atomic E-state index is 12.8. The third-order valence-electron chi connectivity index (χ3n) is 4.02. The molecule has 1 aliphatic heterocycles.